The van der Waals surface area contributed by atoms with Crippen molar-refractivity contribution >= 4 is 5.69 Å². The van der Waals surface area contributed by atoms with Crippen LogP contribution in [0.2, 0.25) is 0 Å². The fraction of sp³-hybridized carbons (Fsp3) is 0.647. The molecule has 0 saturated heterocycles. The van der Waals surface area contributed by atoms with Crippen LogP contribution in [0.1, 0.15) is 43.7 Å². The molecule has 3 heteroatoms. The molecule has 0 spiro atoms. The van der Waals surface area contributed by atoms with E-state index in [9.17, 15) is 5.11 Å². The molecular weight excluding hydrogens is 248 g/mol. The largest absolute Gasteiger partial charge is 0.389 e. The summed E-state index contributed by atoms with van der Waals surface area (Å²) >= 11 is 0. The summed E-state index contributed by atoms with van der Waals surface area (Å²) in [5, 5.41) is 17.5. The number of hydrogen-bond acceptors (Lipinski definition) is 3. The van der Waals surface area contributed by atoms with E-state index < -0.39 is 5.60 Å². The van der Waals surface area contributed by atoms with E-state index in [-0.39, 0.29) is 0 Å². The molecule has 1 fully saturated rings. The molecule has 0 bridgehead atoms. The first-order chi connectivity index (χ1) is 9.66. The van der Waals surface area contributed by atoms with E-state index >= 15 is 0 Å². The predicted molar refractivity (Wildman–Crippen MR) is 82.9 cm³/mol. The van der Waals surface area contributed by atoms with Gasteiger partial charge in [-0.25, -0.2) is 0 Å². The fourth-order valence-corrected chi connectivity index (χ4v) is 3.46. The Labute approximate surface area is 121 Å². The standard InChI is InChI=1S/C17H26N2O/c1-13-5-8-17(20,9-6-13)12-18-11-15-4-2-3-14-7-10-19-16(14)15/h2-4,13,18-20H,5-12H2,1H3. The van der Waals surface area contributed by atoms with E-state index in [4.69, 9.17) is 0 Å². The number of anilines is 1. The van der Waals surface area contributed by atoms with Crippen LogP contribution in [0.15, 0.2) is 18.2 Å². The molecule has 3 nitrogen and oxygen atoms in total. The van der Waals surface area contributed by atoms with Gasteiger partial charge in [0.15, 0.2) is 0 Å². The Kier molecular flexibility index (Phi) is 3.99. The molecule has 0 atom stereocenters. The molecule has 2 aliphatic rings. The highest BCUT2D eigenvalue weighted by atomic mass is 16.3. The molecule has 1 heterocycles. The Balaban J connectivity index is 1.54. The number of hydrogen-bond donors (Lipinski definition) is 3. The van der Waals surface area contributed by atoms with Crippen LogP contribution in [0.3, 0.4) is 0 Å². The minimum absolute atomic E-state index is 0.488. The fourth-order valence-electron chi connectivity index (χ4n) is 3.46. The van der Waals surface area contributed by atoms with Crippen molar-refractivity contribution in [3.05, 3.63) is 29.3 Å². The van der Waals surface area contributed by atoms with Crippen LogP contribution in [-0.4, -0.2) is 23.8 Å². The zero-order valence-electron chi connectivity index (χ0n) is 12.4. The van der Waals surface area contributed by atoms with Gasteiger partial charge in [0.1, 0.15) is 0 Å². The highest BCUT2D eigenvalue weighted by Gasteiger charge is 2.31. The minimum atomic E-state index is -0.488. The zero-order chi connectivity index (χ0) is 14.0. The van der Waals surface area contributed by atoms with Gasteiger partial charge in [-0.05, 0) is 49.1 Å². The van der Waals surface area contributed by atoms with Crippen LogP contribution in [0.4, 0.5) is 5.69 Å². The number of aliphatic hydroxyl groups is 1. The third-order valence-electron chi connectivity index (χ3n) is 4.91. The van der Waals surface area contributed by atoms with Crippen molar-refractivity contribution in [1.82, 2.24) is 5.32 Å². The average Bonchev–Trinajstić information content (AvgIpc) is 2.92. The monoisotopic (exact) mass is 274 g/mol. The molecule has 1 aromatic carbocycles. The summed E-state index contributed by atoms with van der Waals surface area (Å²) in [6.07, 6.45) is 5.31. The van der Waals surface area contributed by atoms with Gasteiger partial charge < -0.3 is 15.7 Å². The van der Waals surface area contributed by atoms with Gasteiger partial charge in [-0.1, -0.05) is 25.1 Å². The van der Waals surface area contributed by atoms with E-state index in [1.54, 1.807) is 0 Å². The van der Waals surface area contributed by atoms with Crippen LogP contribution in [0.5, 0.6) is 0 Å². The van der Waals surface area contributed by atoms with Crippen LogP contribution < -0.4 is 10.6 Å². The lowest BCUT2D eigenvalue weighted by molar-refractivity contribution is -0.00629. The first kappa shape index (κ1) is 13.9. The first-order valence-electron chi connectivity index (χ1n) is 7.94. The van der Waals surface area contributed by atoms with Crippen LogP contribution in [0, 0.1) is 5.92 Å². The lowest BCUT2D eigenvalue weighted by Gasteiger charge is -2.35. The molecule has 3 rings (SSSR count). The molecule has 3 N–H and O–H groups in total. The highest BCUT2D eigenvalue weighted by Crippen LogP contribution is 2.31. The molecule has 1 aliphatic carbocycles. The number of rotatable bonds is 4. The second-order valence-corrected chi connectivity index (χ2v) is 6.64. The smallest absolute Gasteiger partial charge is 0.0771 e. The van der Waals surface area contributed by atoms with Crippen molar-refractivity contribution in [2.75, 3.05) is 18.4 Å². The zero-order valence-corrected chi connectivity index (χ0v) is 12.4. The lowest BCUT2D eigenvalue weighted by atomic mass is 9.79. The molecule has 1 saturated carbocycles. The van der Waals surface area contributed by atoms with Crippen molar-refractivity contribution in [2.45, 2.75) is 51.2 Å². The van der Waals surface area contributed by atoms with Crippen molar-refractivity contribution < 1.29 is 5.11 Å². The Morgan fingerprint density at radius 1 is 1.35 bits per heavy atom. The second kappa shape index (κ2) is 5.74. The van der Waals surface area contributed by atoms with Crippen molar-refractivity contribution in [3.8, 4) is 0 Å². The number of nitrogens with one attached hydrogen (secondary N) is 2. The van der Waals surface area contributed by atoms with E-state index in [1.165, 1.54) is 16.8 Å². The first-order valence-corrected chi connectivity index (χ1v) is 7.94. The minimum Gasteiger partial charge on any atom is -0.389 e. The Hall–Kier alpha value is -1.06. The molecule has 1 aromatic rings. The SMILES string of the molecule is CC1CCC(O)(CNCc2cccc3c2NCC3)CC1. The van der Waals surface area contributed by atoms with Gasteiger partial charge in [0.2, 0.25) is 0 Å². The lowest BCUT2D eigenvalue weighted by Crippen LogP contribution is -2.43. The predicted octanol–water partition coefficient (Wildman–Crippen LogP) is 2.69. The molecule has 110 valence electrons. The highest BCUT2D eigenvalue weighted by molar-refractivity contribution is 5.61. The number of benzene rings is 1. The van der Waals surface area contributed by atoms with Gasteiger partial charge >= 0.3 is 0 Å². The quantitative estimate of drug-likeness (QED) is 0.791. The van der Waals surface area contributed by atoms with Gasteiger partial charge in [0.25, 0.3) is 0 Å². The van der Waals surface area contributed by atoms with Crippen molar-refractivity contribution in [2.24, 2.45) is 5.92 Å². The van der Waals surface area contributed by atoms with Crippen LogP contribution in [-0.2, 0) is 13.0 Å². The van der Waals surface area contributed by atoms with E-state index in [2.05, 4.69) is 35.8 Å². The average molecular weight is 274 g/mol. The molecule has 0 amide bonds. The normalized spacial score (nSPS) is 29.0. The van der Waals surface area contributed by atoms with Gasteiger partial charge in [0, 0.05) is 25.3 Å². The topological polar surface area (TPSA) is 44.3 Å². The molecular formula is C17H26N2O. The third kappa shape index (κ3) is 2.99. The molecule has 0 radical (unpaired) electrons. The molecule has 0 unspecified atom stereocenters. The van der Waals surface area contributed by atoms with E-state index in [0.29, 0.717) is 6.54 Å². The summed E-state index contributed by atoms with van der Waals surface area (Å²) in [6.45, 7) is 4.89. The van der Waals surface area contributed by atoms with Crippen LogP contribution >= 0.6 is 0 Å². The summed E-state index contributed by atoms with van der Waals surface area (Å²) in [5.41, 5.74) is 3.57. The van der Waals surface area contributed by atoms with Gasteiger partial charge in [-0.15, -0.1) is 0 Å². The maximum atomic E-state index is 10.6. The maximum Gasteiger partial charge on any atom is 0.0771 e. The Bertz CT molecular complexity index is 464. The Morgan fingerprint density at radius 3 is 2.95 bits per heavy atom. The number of para-hydroxylation sites is 1. The van der Waals surface area contributed by atoms with E-state index in [1.807, 2.05) is 0 Å². The molecule has 1 aliphatic heterocycles. The Morgan fingerprint density at radius 2 is 2.15 bits per heavy atom. The second-order valence-electron chi connectivity index (χ2n) is 6.64. The number of fused-ring (bicyclic) bond motifs is 1. The summed E-state index contributed by atoms with van der Waals surface area (Å²) in [6, 6.07) is 6.52. The van der Waals surface area contributed by atoms with Crippen LogP contribution in [0.25, 0.3) is 0 Å². The van der Waals surface area contributed by atoms with E-state index in [0.717, 1.165) is 51.1 Å². The summed E-state index contributed by atoms with van der Waals surface area (Å²) < 4.78 is 0. The summed E-state index contributed by atoms with van der Waals surface area (Å²) in [4.78, 5) is 0. The maximum absolute atomic E-state index is 10.6. The summed E-state index contributed by atoms with van der Waals surface area (Å²) in [5.74, 6) is 0.775. The molecule has 20 heavy (non-hydrogen) atoms. The van der Waals surface area contributed by atoms with Gasteiger partial charge in [-0.3, -0.25) is 0 Å². The van der Waals surface area contributed by atoms with Crippen molar-refractivity contribution in [1.29, 1.82) is 0 Å². The van der Waals surface area contributed by atoms with Crippen molar-refractivity contribution in [3.63, 3.8) is 0 Å². The van der Waals surface area contributed by atoms with Gasteiger partial charge in [0.05, 0.1) is 5.60 Å². The van der Waals surface area contributed by atoms with Gasteiger partial charge in [-0.2, -0.15) is 0 Å². The summed E-state index contributed by atoms with van der Waals surface area (Å²) in [7, 11) is 0. The third-order valence-corrected chi connectivity index (χ3v) is 4.91. The molecule has 0 aromatic heterocycles.